The Bertz CT molecular complexity index is 1290. The van der Waals surface area contributed by atoms with Crippen LogP contribution in [0.25, 0.3) is 0 Å². The summed E-state index contributed by atoms with van der Waals surface area (Å²) in [6.07, 6.45) is 1.45. The predicted molar refractivity (Wildman–Crippen MR) is 124 cm³/mol. The molecule has 0 aliphatic carbocycles. The maximum absolute atomic E-state index is 12.8. The Labute approximate surface area is 185 Å². The van der Waals surface area contributed by atoms with Crippen LogP contribution in [-0.2, 0) is 10.0 Å². The summed E-state index contributed by atoms with van der Waals surface area (Å²) in [7, 11) is -2.51. The van der Waals surface area contributed by atoms with E-state index in [0.717, 1.165) is 17.2 Å². The Balaban J connectivity index is 1.87. The van der Waals surface area contributed by atoms with Gasteiger partial charge in [-0.05, 0) is 49.7 Å². The molecule has 0 radical (unpaired) electrons. The quantitative estimate of drug-likeness (QED) is 0.294. The van der Waals surface area contributed by atoms with Gasteiger partial charge in [-0.25, -0.2) is 8.42 Å². The van der Waals surface area contributed by atoms with Crippen LogP contribution >= 0.6 is 0 Å². The van der Waals surface area contributed by atoms with E-state index in [9.17, 15) is 18.5 Å². The summed E-state index contributed by atoms with van der Waals surface area (Å²) >= 11 is 0. The first-order valence-corrected chi connectivity index (χ1v) is 11.0. The molecular formula is C22H22N4O5S. The number of para-hydroxylation sites is 1. The summed E-state index contributed by atoms with van der Waals surface area (Å²) < 4.78 is 33.3. The Kier molecular flexibility index (Phi) is 6.74. The first kappa shape index (κ1) is 22.8. The van der Waals surface area contributed by atoms with E-state index in [1.165, 1.54) is 25.5 Å². The number of nitro benzene ring substituents is 1. The normalized spacial score (nSPS) is 11.3. The summed E-state index contributed by atoms with van der Waals surface area (Å²) in [6.45, 7) is 3.68. The van der Waals surface area contributed by atoms with Crippen LogP contribution in [0.1, 0.15) is 16.7 Å². The van der Waals surface area contributed by atoms with E-state index < -0.39 is 20.6 Å². The van der Waals surface area contributed by atoms with E-state index in [0.29, 0.717) is 17.0 Å². The number of anilines is 2. The molecule has 0 atom stereocenters. The molecule has 0 aliphatic rings. The minimum absolute atomic E-state index is 0.0478. The Morgan fingerprint density at radius 3 is 2.44 bits per heavy atom. The highest BCUT2D eigenvalue weighted by molar-refractivity contribution is 7.92. The van der Waals surface area contributed by atoms with Gasteiger partial charge in [-0.1, -0.05) is 29.8 Å². The topological polar surface area (TPSA) is 123 Å². The molecule has 3 aromatic carbocycles. The SMILES string of the molecule is COc1ccccc1/C=N/Nc1ccc(S(=O)(=O)Nc2ccc(C)cc2C)cc1[N+](=O)[O-]. The van der Waals surface area contributed by atoms with Crippen LogP contribution < -0.4 is 14.9 Å². The number of nitro groups is 1. The molecule has 0 fully saturated rings. The van der Waals surface area contributed by atoms with Gasteiger partial charge < -0.3 is 4.74 Å². The second-order valence-electron chi connectivity index (χ2n) is 6.97. The third-order valence-electron chi connectivity index (χ3n) is 4.63. The highest BCUT2D eigenvalue weighted by Gasteiger charge is 2.22. The molecule has 166 valence electrons. The van der Waals surface area contributed by atoms with Crippen molar-refractivity contribution in [2.24, 2.45) is 5.10 Å². The van der Waals surface area contributed by atoms with E-state index in [1.54, 1.807) is 43.3 Å². The van der Waals surface area contributed by atoms with Crippen molar-refractivity contribution in [2.45, 2.75) is 18.7 Å². The van der Waals surface area contributed by atoms with Gasteiger partial charge in [0, 0.05) is 11.6 Å². The molecule has 0 aliphatic heterocycles. The number of nitrogens with zero attached hydrogens (tertiary/aromatic N) is 2. The van der Waals surface area contributed by atoms with Gasteiger partial charge in [0.15, 0.2) is 0 Å². The van der Waals surface area contributed by atoms with Gasteiger partial charge >= 0.3 is 0 Å². The van der Waals surface area contributed by atoms with Gasteiger partial charge in [0.1, 0.15) is 11.4 Å². The van der Waals surface area contributed by atoms with Crippen LogP contribution in [0.15, 0.2) is 70.7 Å². The first-order chi connectivity index (χ1) is 15.2. The summed E-state index contributed by atoms with van der Waals surface area (Å²) in [4.78, 5) is 10.7. The summed E-state index contributed by atoms with van der Waals surface area (Å²) in [5.41, 5.74) is 5.02. The number of hydrogen-bond acceptors (Lipinski definition) is 7. The molecular weight excluding hydrogens is 432 g/mol. The van der Waals surface area contributed by atoms with Crippen molar-refractivity contribution in [2.75, 3.05) is 17.3 Å². The van der Waals surface area contributed by atoms with Gasteiger partial charge in [0.05, 0.1) is 28.8 Å². The van der Waals surface area contributed by atoms with Crippen molar-refractivity contribution < 1.29 is 18.1 Å². The number of sulfonamides is 1. The number of benzene rings is 3. The van der Waals surface area contributed by atoms with Gasteiger partial charge in [0.25, 0.3) is 15.7 Å². The largest absolute Gasteiger partial charge is 0.496 e. The zero-order valence-electron chi connectivity index (χ0n) is 17.7. The first-order valence-electron chi connectivity index (χ1n) is 9.52. The third-order valence-corrected chi connectivity index (χ3v) is 5.99. The minimum atomic E-state index is -4.03. The fourth-order valence-electron chi connectivity index (χ4n) is 3.00. The molecule has 0 amide bonds. The molecule has 10 heteroatoms. The Morgan fingerprint density at radius 2 is 1.75 bits per heavy atom. The monoisotopic (exact) mass is 454 g/mol. The highest BCUT2D eigenvalue weighted by Crippen LogP contribution is 2.29. The van der Waals surface area contributed by atoms with E-state index in [4.69, 9.17) is 4.74 Å². The van der Waals surface area contributed by atoms with E-state index in [2.05, 4.69) is 15.2 Å². The molecule has 3 aromatic rings. The molecule has 9 nitrogen and oxygen atoms in total. The average molecular weight is 455 g/mol. The molecule has 0 heterocycles. The number of hydrogen-bond donors (Lipinski definition) is 2. The third kappa shape index (κ3) is 5.22. The number of ether oxygens (including phenoxy) is 1. The van der Waals surface area contributed by atoms with Crippen LogP contribution in [0.2, 0.25) is 0 Å². The van der Waals surface area contributed by atoms with Crippen LogP contribution in [0, 0.1) is 24.0 Å². The fourth-order valence-corrected chi connectivity index (χ4v) is 4.15. The molecule has 0 unspecified atom stereocenters. The highest BCUT2D eigenvalue weighted by atomic mass is 32.2. The molecule has 32 heavy (non-hydrogen) atoms. The average Bonchev–Trinajstić information content (AvgIpc) is 2.76. The van der Waals surface area contributed by atoms with Crippen LogP contribution in [0.4, 0.5) is 17.1 Å². The second kappa shape index (κ2) is 9.48. The van der Waals surface area contributed by atoms with Crippen LogP contribution in [0.5, 0.6) is 5.75 Å². The number of nitrogens with one attached hydrogen (secondary N) is 2. The van der Waals surface area contributed by atoms with E-state index >= 15 is 0 Å². The standard InChI is InChI=1S/C22H22N4O5S/c1-15-8-10-19(16(2)12-15)25-32(29,30)18-9-11-20(21(13-18)26(27)28)24-23-14-17-6-4-5-7-22(17)31-3/h4-14,24-25H,1-3H3/b23-14+. The van der Waals surface area contributed by atoms with E-state index in [1.807, 2.05) is 13.0 Å². The summed E-state index contributed by atoms with van der Waals surface area (Å²) in [5, 5.41) is 15.6. The Morgan fingerprint density at radius 1 is 1.03 bits per heavy atom. The lowest BCUT2D eigenvalue weighted by atomic mass is 10.1. The zero-order valence-corrected chi connectivity index (χ0v) is 18.5. The van der Waals surface area contributed by atoms with Crippen molar-refractivity contribution in [1.29, 1.82) is 0 Å². The molecule has 0 bridgehead atoms. The summed E-state index contributed by atoms with van der Waals surface area (Å²) in [6, 6.07) is 16.0. The maximum atomic E-state index is 12.8. The fraction of sp³-hybridized carbons (Fsp3) is 0.136. The predicted octanol–water partition coefficient (Wildman–Crippen LogP) is 4.47. The second-order valence-corrected chi connectivity index (χ2v) is 8.65. The number of hydrazone groups is 1. The smallest absolute Gasteiger partial charge is 0.295 e. The number of methoxy groups -OCH3 is 1. The van der Waals surface area contributed by atoms with Gasteiger partial charge in [0.2, 0.25) is 0 Å². The number of rotatable bonds is 8. The van der Waals surface area contributed by atoms with Crippen molar-refractivity contribution in [3.05, 3.63) is 87.5 Å². The molecule has 0 aromatic heterocycles. The van der Waals surface area contributed by atoms with E-state index in [-0.39, 0.29) is 10.6 Å². The van der Waals surface area contributed by atoms with Gasteiger partial charge in [-0.3, -0.25) is 20.3 Å². The number of aryl methyl sites for hydroxylation is 2. The van der Waals surface area contributed by atoms with Crippen LogP contribution in [-0.4, -0.2) is 26.7 Å². The van der Waals surface area contributed by atoms with Crippen molar-refractivity contribution >= 4 is 33.3 Å². The minimum Gasteiger partial charge on any atom is -0.496 e. The summed E-state index contributed by atoms with van der Waals surface area (Å²) in [5.74, 6) is 0.589. The Hall–Kier alpha value is -3.92. The molecule has 3 rings (SSSR count). The lowest BCUT2D eigenvalue weighted by molar-refractivity contribution is -0.384. The molecule has 0 saturated heterocycles. The molecule has 0 saturated carbocycles. The van der Waals surface area contributed by atoms with Gasteiger partial charge in [-0.15, -0.1) is 0 Å². The lowest BCUT2D eigenvalue weighted by Gasteiger charge is -2.12. The maximum Gasteiger partial charge on any atom is 0.295 e. The van der Waals surface area contributed by atoms with Crippen LogP contribution in [0.3, 0.4) is 0 Å². The molecule has 2 N–H and O–H groups in total. The lowest BCUT2D eigenvalue weighted by Crippen LogP contribution is -2.14. The van der Waals surface area contributed by atoms with Crippen molar-refractivity contribution in [3.63, 3.8) is 0 Å². The van der Waals surface area contributed by atoms with Crippen molar-refractivity contribution in [1.82, 2.24) is 0 Å². The zero-order chi connectivity index (χ0) is 23.3. The van der Waals surface area contributed by atoms with Crippen molar-refractivity contribution in [3.8, 4) is 5.75 Å². The van der Waals surface area contributed by atoms with Gasteiger partial charge in [-0.2, -0.15) is 5.10 Å². The molecule has 0 spiro atoms.